The first-order valence-corrected chi connectivity index (χ1v) is 6.08. The van der Waals surface area contributed by atoms with E-state index in [0.717, 1.165) is 11.3 Å². The lowest BCUT2D eigenvalue weighted by Crippen LogP contribution is -2.31. The number of hydrogen-bond donors (Lipinski definition) is 0. The van der Waals surface area contributed by atoms with E-state index in [1.807, 2.05) is 13.8 Å². The zero-order valence-electron chi connectivity index (χ0n) is 10.9. The highest BCUT2D eigenvalue weighted by Gasteiger charge is 2.35. The molecule has 1 aliphatic rings. The molecule has 0 aromatic rings. The molecule has 0 atom stereocenters. The first kappa shape index (κ1) is 15.5. The molecule has 82 valence electrons. The Kier molecular flexibility index (Phi) is 10.2. The van der Waals surface area contributed by atoms with Gasteiger partial charge in [-0.2, -0.15) is 0 Å². The molecule has 1 saturated carbocycles. The molecule has 0 aliphatic heterocycles. The smallest absolute Gasteiger partial charge is 0.0323 e. The lowest BCUT2D eigenvalue weighted by molar-refractivity contribution is 0.0836. The van der Waals surface area contributed by atoms with Crippen molar-refractivity contribution in [2.45, 2.75) is 74.1 Å². The highest BCUT2D eigenvalue weighted by Crippen LogP contribution is 2.47. The normalized spacial score (nSPS) is 30.2. The van der Waals surface area contributed by atoms with Gasteiger partial charge in [-0.25, -0.2) is 0 Å². The molecule has 0 spiro atoms. The van der Waals surface area contributed by atoms with Crippen LogP contribution in [0.5, 0.6) is 0 Å². The SMILES string of the molecule is CC.CCC.CCC1(C)CC(C)C1. The Morgan fingerprint density at radius 2 is 1.38 bits per heavy atom. The average Bonchev–Trinajstić information content (AvgIpc) is 2.07. The van der Waals surface area contributed by atoms with Crippen molar-refractivity contribution in [2.24, 2.45) is 11.3 Å². The van der Waals surface area contributed by atoms with Crippen LogP contribution in [-0.2, 0) is 0 Å². The third-order valence-electron chi connectivity index (χ3n) is 2.54. The molecule has 0 heteroatoms. The molecule has 0 aromatic carbocycles. The molecular weight excluding hydrogens is 156 g/mol. The molecule has 0 saturated heterocycles. The van der Waals surface area contributed by atoms with Crippen molar-refractivity contribution in [3.63, 3.8) is 0 Å². The Morgan fingerprint density at radius 3 is 1.46 bits per heavy atom. The molecule has 1 fully saturated rings. The third-order valence-corrected chi connectivity index (χ3v) is 2.54. The quantitative estimate of drug-likeness (QED) is 0.523. The fourth-order valence-electron chi connectivity index (χ4n) is 1.91. The van der Waals surface area contributed by atoms with Gasteiger partial charge in [-0.05, 0) is 24.2 Å². The van der Waals surface area contributed by atoms with Crippen LogP contribution in [0.15, 0.2) is 0 Å². The lowest BCUT2D eigenvalue weighted by Gasteiger charge is -2.43. The van der Waals surface area contributed by atoms with Gasteiger partial charge in [0.15, 0.2) is 0 Å². The van der Waals surface area contributed by atoms with E-state index in [-0.39, 0.29) is 0 Å². The topological polar surface area (TPSA) is 0 Å². The van der Waals surface area contributed by atoms with Crippen LogP contribution < -0.4 is 0 Å². The molecule has 0 unspecified atom stereocenters. The van der Waals surface area contributed by atoms with Gasteiger partial charge in [0.2, 0.25) is 0 Å². The van der Waals surface area contributed by atoms with Gasteiger partial charge >= 0.3 is 0 Å². The largest absolute Gasteiger partial charge is 0.0683 e. The Labute approximate surface area is 86.1 Å². The summed E-state index contributed by atoms with van der Waals surface area (Å²) >= 11 is 0. The monoisotopic (exact) mass is 186 g/mol. The van der Waals surface area contributed by atoms with Gasteiger partial charge in [-0.15, -0.1) is 0 Å². The van der Waals surface area contributed by atoms with Gasteiger partial charge in [-0.3, -0.25) is 0 Å². The molecule has 0 heterocycles. The summed E-state index contributed by atoms with van der Waals surface area (Å²) in [6.45, 7) is 15.3. The predicted octanol–water partition coefficient (Wildman–Crippen LogP) is 5.28. The second kappa shape index (κ2) is 8.59. The second-order valence-electron chi connectivity index (χ2n) is 4.38. The summed E-state index contributed by atoms with van der Waals surface area (Å²) in [6, 6.07) is 0. The van der Waals surface area contributed by atoms with Crippen LogP contribution in [0.1, 0.15) is 74.1 Å². The van der Waals surface area contributed by atoms with Gasteiger partial charge in [0.25, 0.3) is 0 Å². The molecule has 1 aliphatic carbocycles. The zero-order valence-corrected chi connectivity index (χ0v) is 10.9. The van der Waals surface area contributed by atoms with Crippen molar-refractivity contribution in [3.8, 4) is 0 Å². The van der Waals surface area contributed by atoms with E-state index in [1.54, 1.807) is 0 Å². The maximum absolute atomic E-state index is 2.40. The first-order valence-electron chi connectivity index (χ1n) is 6.08. The summed E-state index contributed by atoms with van der Waals surface area (Å²) in [5.41, 5.74) is 0.736. The minimum atomic E-state index is 0.736. The van der Waals surface area contributed by atoms with Crippen LogP contribution in [0.25, 0.3) is 0 Å². The van der Waals surface area contributed by atoms with Gasteiger partial charge in [0.1, 0.15) is 0 Å². The molecule has 0 N–H and O–H groups in total. The van der Waals surface area contributed by atoms with Gasteiger partial charge < -0.3 is 0 Å². The first-order chi connectivity index (χ1) is 6.08. The van der Waals surface area contributed by atoms with Crippen LogP contribution in [0.3, 0.4) is 0 Å². The Hall–Kier alpha value is 0. The molecule has 0 bridgehead atoms. The summed E-state index contributed by atoms with van der Waals surface area (Å²) in [5.74, 6) is 1.01. The predicted molar refractivity (Wildman–Crippen MR) is 64.1 cm³/mol. The minimum absolute atomic E-state index is 0.736. The van der Waals surface area contributed by atoms with Gasteiger partial charge in [0.05, 0.1) is 0 Å². The maximum atomic E-state index is 2.40. The zero-order chi connectivity index (χ0) is 10.9. The van der Waals surface area contributed by atoms with E-state index in [4.69, 9.17) is 0 Å². The molecule has 13 heavy (non-hydrogen) atoms. The molecular formula is C13H30. The van der Waals surface area contributed by atoms with Crippen molar-refractivity contribution in [1.29, 1.82) is 0 Å². The molecule has 1 rings (SSSR count). The van der Waals surface area contributed by atoms with Crippen LogP contribution in [0.4, 0.5) is 0 Å². The Morgan fingerprint density at radius 1 is 1.08 bits per heavy atom. The van der Waals surface area contributed by atoms with Gasteiger partial charge in [-0.1, -0.05) is 61.3 Å². The highest BCUT2D eigenvalue weighted by atomic mass is 14.4. The Balaban J connectivity index is 0. The van der Waals surface area contributed by atoms with Crippen LogP contribution >= 0.6 is 0 Å². The van der Waals surface area contributed by atoms with E-state index in [2.05, 4.69) is 34.6 Å². The van der Waals surface area contributed by atoms with E-state index >= 15 is 0 Å². The van der Waals surface area contributed by atoms with E-state index < -0.39 is 0 Å². The van der Waals surface area contributed by atoms with E-state index in [1.165, 1.54) is 25.7 Å². The van der Waals surface area contributed by atoms with Crippen LogP contribution in [0.2, 0.25) is 0 Å². The Bertz CT molecular complexity index is 88.2. The van der Waals surface area contributed by atoms with Crippen molar-refractivity contribution in [1.82, 2.24) is 0 Å². The van der Waals surface area contributed by atoms with Crippen LogP contribution in [0, 0.1) is 11.3 Å². The second-order valence-corrected chi connectivity index (χ2v) is 4.38. The van der Waals surface area contributed by atoms with Crippen LogP contribution in [-0.4, -0.2) is 0 Å². The summed E-state index contributed by atoms with van der Waals surface area (Å²) in [5, 5.41) is 0. The maximum Gasteiger partial charge on any atom is -0.0323 e. The minimum Gasteiger partial charge on any atom is -0.0683 e. The summed E-state index contributed by atoms with van der Waals surface area (Å²) in [6.07, 6.45) is 5.55. The molecule has 0 radical (unpaired) electrons. The summed E-state index contributed by atoms with van der Waals surface area (Å²) < 4.78 is 0. The van der Waals surface area contributed by atoms with E-state index in [0.29, 0.717) is 0 Å². The summed E-state index contributed by atoms with van der Waals surface area (Å²) in [4.78, 5) is 0. The number of hydrogen-bond acceptors (Lipinski definition) is 0. The molecule has 0 amide bonds. The van der Waals surface area contributed by atoms with Crippen molar-refractivity contribution < 1.29 is 0 Å². The standard InChI is InChI=1S/C8H16.C3H8.C2H6/c1-4-8(3)5-7(2)6-8;1-3-2;1-2/h7H,4-6H2,1-3H3;3H2,1-2H3;1-2H3. The highest BCUT2D eigenvalue weighted by molar-refractivity contribution is 4.86. The fraction of sp³-hybridized carbons (Fsp3) is 1.00. The fourth-order valence-corrected chi connectivity index (χ4v) is 1.91. The average molecular weight is 186 g/mol. The van der Waals surface area contributed by atoms with E-state index in [9.17, 15) is 0 Å². The summed E-state index contributed by atoms with van der Waals surface area (Å²) in [7, 11) is 0. The molecule has 0 nitrogen and oxygen atoms in total. The van der Waals surface area contributed by atoms with Crippen molar-refractivity contribution in [3.05, 3.63) is 0 Å². The van der Waals surface area contributed by atoms with Crippen molar-refractivity contribution in [2.75, 3.05) is 0 Å². The lowest BCUT2D eigenvalue weighted by atomic mass is 9.63. The molecule has 0 aromatic heterocycles. The van der Waals surface area contributed by atoms with Gasteiger partial charge in [0, 0.05) is 0 Å². The van der Waals surface area contributed by atoms with Crippen molar-refractivity contribution >= 4 is 0 Å². The third kappa shape index (κ3) is 7.10. The number of rotatable bonds is 1.